The van der Waals surface area contributed by atoms with E-state index in [1.807, 2.05) is 11.8 Å². The van der Waals surface area contributed by atoms with E-state index in [9.17, 15) is 0 Å². The molecule has 1 N–H and O–H groups in total. The van der Waals surface area contributed by atoms with E-state index in [1.165, 1.54) is 44.3 Å². The van der Waals surface area contributed by atoms with Gasteiger partial charge in [0.05, 0.1) is 0 Å². The van der Waals surface area contributed by atoms with Crippen LogP contribution in [0, 0.1) is 0 Å². The van der Waals surface area contributed by atoms with Crippen molar-refractivity contribution < 1.29 is 0 Å². The zero-order valence-electron chi connectivity index (χ0n) is 12.6. The standard InChI is InChI=1S/C15H26N4S/c1-3-4-11(2)16-9-10-20-15-18-17-14(12-5-6-12)19(15)13-7-8-13/h11-13,16H,3-10H2,1-2H3. The molecule has 0 aromatic carbocycles. The van der Waals surface area contributed by atoms with Crippen molar-refractivity contribution in [2.24, 2.45) is 0 Å². The summed E-state index contributed by atoms with van der Waals surface area (Å²) in [5, 5.41) is 13.6. The molecule has 2 aliphatic rings. The smallest absolute Gasteiger partial charge is 0.191 e. The first-order chi connectivity index (χ1) is 9.79. The topological polar surface area (TPSA) is 42.7 Å². The largest absolute Gasteiger partial charge is 0.313 e. The van der Waals surface area contributed by atoms with Gasteiger partial charge in [0.15, 0.2) is 5.16 Å². The molecule has 0 aliphatic heterocycles. The first kappa shape index (κ1) is 14.4. The van der Waals surface area contributed by atoms with Gasteiger partial charge in [-0.2, -0.15) is 0 Å². The molecule has 0 amide bonds. The van der Waals surface area contributed by atoms with Crippen LogP contribution in [0.5, 0.6) is 0 Å². The predicted octanol–water partition coefficient (Wildman–Crippen LogP) is 3.36. The highest BCUT2D eigenvalue weighted by atomic mass is 32.2. The number of aromatic nitrogens is 3. The maximum Gasteiger partial charge on any atom is 0.191 e. The van der Waals surface area contributed by atoms with Crippen LogP contribution >= 0.6 is 11.8 Å². The van der Waals surface area contributed by atoms with Gasteiger partial charge in [-0.15, -0.1) is 10.2 Å². The molecular weight excluding hydrogens is 268 g/mol. The van der Waals surface area contributed by atoms with Crippen LogP contribution in [0.25, 0.3) is 0 Å². The highest BCUT2D eigenvalue weighted by molar-refractivity contribution is 7.99. The number of thioether (sulfide) groups is 1. The minimum atomic E-state index is 0.629. The maximum atomic E-state index is 4.45. The predicted molar refractivity (Wildman–Crippen MR) is 83.4 cm³/mol. The van der Waals surface area contributed by atoms with Crippen molar-refractivity contribution in [1.82, 2.24) is 20.1 Å². The molecular formula is C15H26N4S. The van der Waals surface area contributed by atoms with Gasteiger partial charge in [-0.3, -0.25) is 0 Å². The Hall–Kier alpha value is -0.550. The van der Waals surface area contributed by atoms with E-state index in [2.05, 4.69) is 33.9 Å². The molecule has 0 radical (unpaired) electrons. The van der Waals surface area contributed by atoms with Gasteiger partial charge < -0.3 is 9.88 Å². The Labute approximate surface area is 126 Å². The molecule has 112 valence electrons. The van der Waals surface area contributed by atoms with Gasteiger partial charge in [-0.05, 0) is 39.0 Å². The van der Waals surface area contributed by atoms with Crippen molar-refractivity contribution in [1.29, 1.82) is 0 Å². The van der Waals surface area contributed by atoms with Gasteiger partial charge in [0.1, 0.15) is 5.82 Å². The summed E-state index contributed by atoms with van der Waals surface area (Å²) in [5.41, 5.74) is 0. The third-order valence-electron chi connectivity index (χ3n) is 4.09. The molecule has 1 aromatic rings. The minimum absolute atomic E-state index is 0.629. The highest BCUT2D eigenvalue weighted by Gasteiger charge is 2.36. The van der Waals surface area contributed by atoms with E-state index in [4.69, 9.17) is 0 Å². The first-order valence-corrected chi connectivity index (χ1v) is 9.09. The van der Waals surface area contributed by atoms with Crippen LogP contribution in [-0.2, 0) is 0 Å². The van der Waals surface area contributed by atoms with Crippen LogP contribution < -0.4 is 5.32 Å². The quantitative estimate of drug-likeness (QED) is 0.560. The van der Waals surface area contributed by atoms with E-state index in [0.29, 0.717) is 18.0 Å². The van der Waals surface area contributed by atoms with Crippen LogP contribution in [0.2, 0.25) is 0 Å². The lowest BCUT2D eigenvalue weighted by Gasteiger charge is -2.12. The third-order valence-corrected chi connectivity index (χ3v) is 5.04. The van der Waals surface area contributed by atoms with E-state index in [-0.39, 0.29) is 0 Å². The molecule has 1 unspecified atom stereocenters. The molecule has 2 fully saturated rings. The molecule has 1 heterocycles. The summed E-state index contributed by atoms with van der Waals surface area (Å²) in [7, 11) is 0. The molecule has 20 heavy (non-hydrogen) atoms. The second-order valence-electron chi connectivity index (χ2n) is 6.21. The van der Waals surface area contributed by atoms with Crippen molar-refractivity contribution in [3.05, 3.63) is 5.82 Å². The Kier molecular flexibility index (Phi) is 4.66. The second-order valence-corrected chi connectivity index (χ2v) is 7.27. The van der Waals surface area contributed by atoms with Crippen molar-refractivity contribution >= 4 is 11.8 Å². The first-order valence-electron chi connectivity index (χ1n) is 8.10. The Bertz CT molecular complexity index is 437. The van der Waals surface area contributed by atoms with Gasteiger partial charge in [0.25, 0.3) is 0 Å². The van der Waals surface area contributed by atoms with Crippen LogP contribution in [0.1, 0.15) is 70.2 Å². The molecule has 0 spiro atoms. The van der Waals surface area contributed by atoms with Gasteiger partial charge in [0, 0.05) is 30.3 Å². The summed E-state index contributed by atoms with van der Waals surface area (Å²) in [6.07, 6.45) is 7.77. The zero-order chi connectivity index (χ0) is 13.9. The fraction of sp³-hybridized carbons (Fsp3) is 0.867. The van der Waals surface area contributed by atoms with E-state index >= 15 is 0 Å². The fourth-order valence-corrected chi connectivity index (χ4v) is 3.55. The Balaban J connectivity index is 1.50. The molecule has 1 atom stereocenters. The number of hydrogen-bond acceptors (Lipinski definition) is 4. The van der Waals surface area contributed by atoms with Crippen molar-refractivity contribution in [3.63, 3.8) is 0 Å². The third kappa shape index (κ3) is 3.55. The molecule has 5 heteroatoms. The molecule has 0 bridgehead atoms. The Morgan fingerprint density at radius 2 is 2.10 bits per heavy atom. The van der Waals surface area contributed by atoms with Crippen LogP contribution in [-0.4, -0.2) is 33.1 Å². The monoisotopic (exact) mass is 294 g/mol. The number of nitrogens with one attached hydrogen (secondary N) is 1. The van der Waals surface area contributed by atoms with Gasteiger partial charge >= 0.3 is 0 Å². The lowest BCUT2D eigenvalue weighted by Crippen LogP contribution is -2.27. The van der Waals surface area contributed by atoms with Crippen LogP contribution in [0.15, 0.2) is 5.16 Å². The summed E-state index contributed by atoms with van der Waals surface area (Å²) in [5.74, 6) is 3.06. The van der Waals surface area contributed by atoms with E-state index < -0.39 is 0 Å². The summed E-state index contributed by atoms with van der Waals surface area (Å²) in [4.78, 5) is 0. The number of hydrogen-bond donors (Lipinski definition) is 1. The number of rotatable bonds is 9. The minimum Gasteiger partial charge on any atom is -0.313 e. The zero-order valence-corrected chi connectivity index (χ0v) is 13.5. The Morgan fingerprint density at radius 1 is 1.30 bits per heavy atom. The van der Waals surface area contributed by atoms with E-state index in [0.717, 1.165) is 17.5 Å². The second kappa shape index (κ2) is 6.48. The molecule has 2 aliphatic carbocycles. The number of nitrogens with zero attached hydrogens (tertiary/aromatic N) is 3. The SMILES string of the molecule is CCCC(C)NCCSc1nnc(C2CC2)n1C1CC1. The average molecular weight is 294 g/mol. The fourth-order valence-electron chi connectivity index (χ4n) is 2.67. The lowest BCUT2D eigenvalue weighted by molar-refractivity contribution is 0.526. The highest BCUT2D eigenvalue weighted by Crippen LogP contribution is 2.45. The Morgan fingerprint density at radius 3 is 2.75 bits per heavy atom. The van der Waals surface area contributed by atoms with Crippen molar-refractivity contribution in [2.45, 2.75) is 75.5 Å². The lowest BCUT2D eigenvalue weighted by atomic mass is 10.2. The van der Waals surface area contributed by atoms with E-state index in [1.54, 1.807) is 0 Å². The molecule has 1 aromatic heterocycles. The van der Waals surface area contributed by atoms with Crippen molar-refractivity contribution in [2.75, 3.05) is 12.3 Å². The summed E-state index contributed by atoms with van der Waals surface area (Å²) >= 11 is 1.87. The van der Waals surface area contributed by atoms with Crippen LogP contribution in [0.4, 0.5) is 0 Å². The molecule has 2 saturated carbocycles. The van der Waals surface area contributed by atoms with Gasteiger partial charge in [-0.1, -0.05) is 25.1 Å². The maximum absolute atomic E-state index is 4.45. The summed E-state index contributed by atoms with van der Waals surface area (Å²) in [6.45, 7) is 5.57. The molecule has 0 saturated heterocycles. The van der Waals surface area contributed by atoms with Crippen LogP contribution in [0.3, 0.4) is 0 Å². The summed E-state index contributed by atoms with van der Waals surface area (Å²) in [6, 6.07) is 1.33. The average Bonchev–Trinajstić information content (AvgIpc) is 3.34. The van der Waals surface area contributed by atoms with Gasteiger partial charge in [-0.25, -0.2) is 0 Å². The molecule has 4 nitrogen and oxygen atoms in total. The summed E-state index contributed by atoms with van der Waals surface area (Å²) < 4.78 is 2.44. The molecule has 3 rings (SSSR count). The van der Waals surface area contributed by atoms with Crippen molar-refractivity contribution in [3.8, 4) is 0 Å². The normalized spacial score (nSPS) is 20.3. The van der Waals surface area contributed by atoms with Gasteiger partial charge in [0.2, 0.25) is 0 Å².